The van der Waals surface area contributed by atoms with Crippen molar-refractivity contribution in [2.75, 3.05) is 19.8 Å². The summed E-state index contributed by atoms with van der Waals surface area (Å²) in [4.78, 5) is 11.9. The molecule has 4 fully saturated rings. The molecule has 0 radical (unpaired) electrons. The predicted molar refractivity (Wildman–Crippen MR) is 76.5 cm³/mol. The largest absolute Gasteiger partial charge is 0.444 e. The van der Waals surface area contributed by atoms with Crippen LogP contribution in [-0.2, 0) is 23.7 Å². The summed E-state index contributed by atoms with van der Waals surface area (Å²) >= 11 is 0. The van der Waals surface area contributed by atoms with Gasteiger partial charge in [0, 0.05) is 0 Å². The molecule has 1 amide bonds. The maximum absolute atomic E-state index is 11.9. The van der Waals surface area contributed by atoms with Crippen molar-refractivity contribution in [3.63, 3.8) is 0 Å². The van der Waals surface area contributed by atoms with Gasteiger partial charge < -0.3 is 29.0 Å². The molecule has 126 valence electrons. The summed E-state index contributed by atoms with van der Waals surface area (Å²) in [6, 6.07) is 0. The maximum atomic E-state index is 11.9. The fourth-order valence-corrected chi connectivity index (χ4v) is 3.15. The molecule has 0 spiro atoms. The summed E-state index contributed by atoms with van der Waals surface area (Å²) in [6.45, 7) is 10.3. The molecule has 0 saturated carbocycles. The molecule has 4 atom stereocenters. The molecule has 0 aromatic heterocycles. The van der Waals surface area contributed by atoms with E-state index in [-0.39, 0.29) is 24.9 Å². The van der Waals surface area contributed by atoms with Gasteiger partial charge in [-0.2, -0.15) is 0 Å². The van der Waals surface area contributed by atoms with Crippen molar-refractivity contribution >= 4 is 6.09 Å². The number of hydrogen-bond acceptors (Lipinski definition) is 6. The van der Waals surface area contributed by atoms with Crippen LogP contribution in [0.2, 0.25) is 0 Å². The van der Waals surface area contributed by atoms with Gasteiger partial charge in [0.2, 0.25) is 0 Å². The number of alkyl carbamates (subject to hydrolysis) is 1. The summed E-state index contributed by atoms with van der Waals surface area (Å²) in [5, 5.41) is 2.76. The number of rotatable bonds is 2. The number of hydrogen-bond donors (Lipinski definition) is 1. The normalized spacial score (nSPS) is 39.4. The number of amides is 1. The molecule has 3 unspecified atom stereocenters. The highest BCUT2D eigenvalue weighted by Crippen LogP contribution is 2.44. The number of ether oxygens (including phenoxy) is 5. The fourth-order valence-electron chi connectivity index (χ4n) is 3.15. The Morgan fingerprint density at radius 3 is 2.64 bits per heavy atom. The average molecular weight is 315 g/mol. The minimum Gasteiger partial charge on any atom is -0.444 e. The zero-order valence-electron chi connectivity index (χ0n) is 13.8. The number of carbonyl (C=O) groups is 1. The summed E-state index contributed by atoms with van der Waals surface area (Å²) in [5.74, 6) is -0.674. The van der Waals surface area contributed by atoms with Crippen LogP contribution in [0.4, 0.5) is 4.79 Å². The van der Waals surface area contributed by atoms with Crippen LogP contribution in [0.3, 0.4) is 0 Å². The van der Waals surface area contributed by atoms with E-state index in [1.165, 1.54) is 0 Å². The van der Waals surface area contributed by atoms with E-state index >= 15 is 0 Å². The lowest BCUT2D eigenvalue weighted by Crippen LogP contribution is -2.71. The first-order valence-corrected chi connectivity index (χ1v) is 7.68. The van der Waals surface area contributed by atoms with E-state index in [9.17, 15) is 4.79 Å². The minimum atomic E-state index is -0.732. The van der Waals surface area contributed by atoms with Gasteiger partial charge in [-0.25, -0.2) is 4.79 Å². The van der Waals surface area contributed by atoms with E-state index in [0.717, 1.165) is 0 Å². The highest BCUT2D eigenvalue weighted by molar-refractivity contribution is 5.67. The molecule has 4 aliphatic heterocycles. The summed E-state index contributed by atoms with van der Waals surface area (Å²) in [5.41, 5.74) is -1.27. The monoisotopic (exact) mass is 315 g/mol. The molecule has 0 aromatic rings. The van der Waals surface area contributed by atoms with Crippen LogP contribution in [0.15, 0.2) is 0 Å². The fraction of sp³-hybridized carbons (Fsp3) is 0.933. The van der Waals surface area contributed by atoms with E-state index in [2.05, 4.69) is 5.32 Å². The molecule has 7 nitrogen and oxygen atoms in total. The van der Waals surface area contributed by atoms with Crippen LogP contribution >= 0.6 is 0 Å². The van der Waals surface area contributed by atoms with Gasteiger partial charge in [-0.15, -0.1) is 0 Å². The quantitative estimate of drug-likeness (QED) is 0.825. The second-order valence-electron chi connectivity index (χ2n) is 7.60. The van der Waals surface area contributed by atoms with Crippen LogP contribution in [0.25, 0.3) is 0 Å². The second kappa shape index (κ2) is 5.06. The summed E-state index contributed by atoms with van der Waals surface area (Å²) in [7, 11) is 0. The van der Waals surface area contributed by atoms with Crippen molar-refractivity contribution in [2.45, 2.75) is 69.9 Å². The summed E-state index contributed by atoms with van der Waals surface area (Å²) in [6.07, 6.45) is -1.02. The smallest absolute Gasteiger partial charge is 0.407 e. The lowest BCUT2D eigenvalue weighted by atomic mass is 9.85. The van der Waals surface area contributed by atoms with E-state index in [1.807, 2.05) is 34.6 Å². The van der Waals surface area contributed by atoms with Gasteiger partial charge in [0.1, 0.15) is 29.5 Å². The zero-order chi connectivity index (χ0) is 16.2. The molecule has 2 bridgehead atoms. The van der Waals surface area contributed by atoms with E-state index in [4.69, 9.17) is 23.7 Å². The van der Waals surface area contributed by atoms with E-state index < -0.39 is 23.1 Å². The van der Waals surface area contributed by atoms with Crippen LogP contribution in [0, 0.1) is 0 Å². The third-order valence-corrected chi connectivity index (χ3v) is 4.02. The molecular formula is C15H25NO6. The predicted octanol–water partition coefficient (Wildman–Crippen LogP) is 1.20. The van der Waals surface area contributed by atoms with Crippen LogP contribution in [0.5, 0.6) is 0 Å². The van der Waals surface area contributed by atoms with Gasteiger partial charge in [0.25, 0.3) is 0 Å². The van der Waals surface area contributed by atoms with Crippen molar-refractivity contribution < 1.29 is 28.5 Å². The first kappa shape index (κ1) is 16.0. The topological polar surface area (TPSA) is 75.3 Å². The Morgan fingerprint density at radius 1 is 1.32 bits per heavy atom. The minimum absolute atomic E-state index is 0.116. The Labute approximate surface area is 130 Å². The van der Waals surface area contributed by atoms with Crippen LogP contribution < -0.4 is 5.32 Å². The molecule has 7 heteroatoms. The molecule has 4 aliphatic rings. The average Bonchev–Trinajstić information content (AvgIpc) is 2.73. The van der Waals surface area contributed by atoms with Crippen molar-refractivity contribution in [1.29, 1.82) is 0 Å². The molecule has 1 N–H and O–H groups in total. The Kier molecular flexibility index (Phi) is 3.67. The molecular weight excluding hydrogens is 290 g/mol. The van der Waals surface area contributed by atoms with E-state index in [0.29, 0.717) is 13.2 Å². The van der Waals surface area contributed by atoms with Crippen LogP contribution in [0.1, 0.15) is 34.6 Å². The zero-order valence-corrected chi connectivity index (χ0v) is 13.8. The number of carbonyl (C=O) groups excluding carboxylic acids is 1. The molecule has 0 aliphatic carbocycles. The Bertz CT molecular complexity index is 449. The van der Waals surface area contributed by atoms with Gasteiger partial charge in [-0.05, 0) is 34.6 Å². The summed E-state index contributed by atoms with van der Waals surface area (Å²) < 4.78 is 28.9. The molecule has 22 heavy (non-hydrogen) atoms. The van der Waals surface area contributed by atoms with Gasteiger partial charge >= 0.3 is 6.09 Å². The molecule has 4 heterocycles. The number of fused-ring (bicyclic) bond motifs is 2. The SMILES string of the molecule is CC(C)(C)OC(=O)NCC12CO[C@H](CO1)C1OC(C)(C)OC12. The highest BCUT2D eigenvalue weighted by Gasteiger charge is 2.63. The first-order valence-electron chi connectivity index (χ1n) is 7.68. The van der Waals surface area contributed by atoms with Crippen molar-refractivity contribution in [3.05, 3.63) is 0 Å². The highest BCUT2D eigenvalue weighted by atomic mass is 16.8. The lowest BCUT2D eigenvalue weighted by molar-refractivity contribution is -0.285. The van der Waals surface area contributed by atoms with Gasteiger partial charge in [-0.1, -0.05) is 0 Å². The second-order valence-corrected chi connectivity index (χ2v) is 7.60. The molecule has 4 rings (SSSR count). The van der Waals surface area contributed by atoms with Gasteiger partial charge in [0.05, 0.1) is 19.8 Å². The van der Waals surface area contributed by atoms with Crippen molar-refractivity contribution in [1.82, 2.24) is 5.32 Å². The Balaban J connectivity index is 1.68. The van der Waals surface area contributed by atoms with Gasteiger partial charge in [-0.3, -0.25) is 0 Å². The molecule has 0 aromatic carbocycles. The Morgan fingerprint density at radius 2 is 2.05 bits per heavy atom. The van der Waals surface area contributed by atoms with E-state index in [1.54, 1.807) is 0 Å². The van der Waals surface area contributed by atoms with Crippen molar-refractivity contribution in [2.24, 2.45) is 0 Å². The maximum Gasteiger partial charge on any atom is 0.407 e. The first-order chi connectivity index (χ1) is 10.1. The van der Waals surface area contributed by atoms with Crippen molar-refractivity contribution in [3.8, 4) is 0 Å². The lowest BCUT2D eigenvalue weighted by Gasteiger charge is -2.51. The molecule has 4 saturated heterocycles. The van der Waals surface area contributed by atoms with Gasteiger partial charge in [0.15, 0.2) is 5.79 Å². The number of nitrogens with one attached hydrogen (secondary N) is 1. The van der Waals surface area contributed by atoms with Crippen LogP contribution in [-0.4, -0.2) is 61.2 Å². The standard InChI is InChI=1S/C15H25NO6/c1-13(2,3)22-12(17)16-7-15-8-18-9(6-19-15)10-11(15)21-14(4,5)20-10/h9-11H,6-8H2,1-5H3,(H,16,17)/t9-,10?,11?,15?/m1/s1. The third-order valence-electron chi connectivity index (χ3n) is 4.02. The Hall–Kier alpha value is -0.890. The third kappa shape index (κ3) is 2.95.